The summed E-state index contributed by atoms with van der Waals surface area (Å²) in [5.74, 6) is 2.21. The molecule has 1 aliphatic carbocycles. The van der Waals surface area contributed by atoms with Crippen LogP contribution in [0.5, 0.6) is 11.5 Å². The van der Waals surface area contributed by atoms with Crippen molar-refractivity contribution in [2.75, 3.05) is 6.61 Å². The molecule has 2 aromatic heterocycles. The molecule has 148 valence electrons. The molecule has 1 saturated carbocycles. The summed E-state index contributed by atoms with van der Waals surface area (Å²) in [5.41, 5.74) is 0.799. The second-order valence-electron chi connectivity index (χ2n) is 7.77. The molecule has 3 aromatic rings. The van der Waals surface area contributed by atoms with Crippen molar-refractivity contribution in [1.82, 2.24) is 0 Å². The van der Waals surface area contributed by atoms with E-state index in [9.17, 15) is 9.90 Å². The summed E-state index contributed by atoms with van der Waals surface area (Å²) in [4.78, 5) is 11.9. The van der Waals surface area contributed by atoms with E-state index in [0.717, 1.165) is 30.1 Å². The Balaban J connectivity index is 1.53. The minimum Gasteiger partial charge on any atom is -0.507 e. The van der Waals surface area contributed by atoms with E-state index in [-0.39, 0.29) is 17.1 Å². The van der Waals surface area contributed by atoms with E-state index in [1.807, 2.05) is 24.3 Å². The molecular weight excluding hydrogens is 356 g/mol. The monoisotopic (exact) mass is 382 g/mol. The van der Waals surface area contributed by atoms with Gasteiger partial charge in [0.2, 0.25) is 0 Å². The van der Waals surface area contributed by atoms with Crippen molar-refractivity contribution in [3.05, 3.63) is 45.8 Å². The maximum absolute atomic E-state index is 11.9. The summed E-state index contributed by atoms with van der Waals surface area (Å²) in [7, 11) is 0. The Hall–Kier alpha value is -2.69. The third-order valence-electron chi connectivity index (χ3n) is 5.78. The Morgan fingerprint density at radius 1 is 1.07 bits per heavy atom. The average molecular weight is 382 g/mol. The number of benzene rings is 1. The van der Waals surface area contributed by atoms with Gasteiger partial charge in [0, 0.05) is 10.9 Å². The number of furan rings is 1. The van der Waals surface area contributed by atoms with E-state index in [1.54, 1.807) is 6.92 Å². The highest BCUT2D eigenvalue weighted by atomic mass is 16.5. The van der Waals surface area contributed by atoms with E-state index < -0.39 is 5.63 Å². The molecular formula is C23H26O5. The second kappa shape index (κ2) is 7.74. The van der Waals surface area contributed by atoms with Crippen molar-refractivity contribution in [3.63, 3.8) is 0 Å². The lowest BCUT2D eigenvalue weighted by Gasteiger charge is -2.21. The van der Waals surface area contributed by atoms with Crippen molar-refractivity contribution < 1.29 is 18.7 Å². The molecule has 28 heavy (non-hydrogen) atoms. The zero-order valence-electron chi connectivity index (χ0n) is 16.4. The smallest absolute Gasteiger partial charge is 0.343 e. The van der Waals surface area contributed by atoms with Crippen LogP contribution in [0.15, 0.2) is 37.9 Å². The second-order valence-corrected chi connectivity index (χ2v) is 7.77. The number of ether oxygens (including phenoxy) is 1. The SMILES string of the molecule is Cc1c(-c2cc3cc(OCCC4CCCCC4)ccc3o2)oc(=O)c(C)c1O. The van der Waals surface area contributed by atoms with Crippen LogP contribution >= 0.6 is 0 Å². The summed E-state index contributed by atoms with van der Waals surface area (Å²) in [6, 6.07) is 7.50. The van der Waals surface area contributed by atoms with Crippen LogP contribution in [0.2, 0.25) is 0 Å². The molecule has 0 saturated heterocycles. The van der Waals surface area contributed by atoms with Gasteiger partial charge >= 0.3 is 5.63 Å². The van der Waals surface area contributed by atoms with Crippen molar-refractivity contribution in [2.45, 2.75) is 52.4 Å². The molecule has 0 unspecified atom stereocenters. The molecule has 0 spiro atoms. The maximum Gasteiger partial charge on any atom is 0.343 e. The first-order valence-electron chi connectivity index (χ1n) is 10.0. The standard InChI is InChI=1S/C23H26O5/c1-14-21(24)15(2)23(25)28-22(14)20-13-17-12-18(8-9-19(17)27-20)26-11-10-16-6-4-3-5-7-16/h8-9,12-13,16,24H,3-7,10-11H2,1-2H3. The van der Waals surface area contributed by atoms with Gasteiger partial charge in [-0.2, -0.15) is 0 Å². The van der Waals surface area contributed by atoms with Crippen LogP contribution in [0.4, 0.5) is 0 Å². The van der Waals surface area contributed by atoms with E-state index >= 15 is 0 Å². The highest BCUT2D eigenvalue weighted by molar-refractivity contribution is 5.83. The van der Waals surface area contributed by atoms with Crippen molar-refractivity contribution in [2.24, 2.45) is 5.92 Å². The Morgan fingerprint density at radius 2 is 1.86 bits per heavy atom. The highest BCUT2D eigenvalue weighted by Gasteiger charge is 2.18. The van der Waals surface area contributed by atoms with Crippen molar-refractivity contribution in [3.8, 4) is 23.0 Å². The van der Waals surface area contributed by atoms with Gasteiger partial charge in [-0.05, 0) is 50.5 Å². The zero-order valence-corrected chi connectivity index (χ0v) is 16.4. The minimum atomic E-state index is -0.565. The molecule has 1 N–H and O–H groups in total. The Bertz CT molecular complexity index is 1040. The van der Waals surface area contributed by atoms with Gasteiger partial charge in [0.15, 0.2) is 11.5 Å². The lowest BCUT2D eigenvalue weighted by atomic mass is 9.87. The molecule has 1 fully saturated rings. The third-order valence-corrected chi connectivity index (χ3v) is 5.78. The summed E-state index contributed by atoms with van der Waals surface area (Å²) in [6.07, 6.45) is 7.80. The first kappa shape index (κ1) is 18.7. The van der Waals surface area contributed by atoms with E-state index in [0.29, 0.717) is 16.9 Å². The molecule has 0 bridgehead atoms. The van der Waals surface area contributed by atoms with Gasteiger partial charge in [0.1, 0.15) is 17.1 Å². The van der Waals surface area contributed by atoms with Crippen molar-refractivity contribution >= 4 is 11.0 Å². The third kappa shape index (κ3) is 3.66. The highest BCUT2D eigenvalue weighted by Crippen LogP contribution is 2.35. The predicted octanol–water partition coefficient (Wildman–Crippen LogP) is 5.72. The quantitative estimate of drug-likeness (QED) is 0.610. The largest absolute Gasteiger partial charge is 0.507 e. The molecule has 1 aliphatic rings. The molecule has 5 nitrogen and oxygen atoms in total. The number of fused-ring (bicyclic) bond motifs is 1. The molecule has 1 aromatic carbocycles. The van der Waals surface area contributed by atoms with E-state index in [2.05, 4.69) is 0 Å². The van der Waals surface area contributed by atoms with Gasteiger partial charge in [0.05, 0.1) is 12.2 Å². The van der Waals surface area contributed by atoms with Gasteiger partial charge in [-0.3, -0.25) is 0 Å². The van der Waals surface area contributed by atoms with Crippen LogP contribution in [0.3, 0.4) is 0 Å². The predicted molar refractivity (Wildman–Crippen MR) is 108 cm³/mol. The van der Waals surface area contributed by atoms with Crippen LogP contribution < -0.4 is 10.4 Å². The number of hydrogen-bond acceptors (Lipinski definition) is 5. The van der Waals surface area contributed by atoms with Gasteiger partial charge in [-0.25, -0.2) is 4.79 Å². The van der Waals surface area contributed by atoms with Crippen LogP contribution in [0.25, 0.3) is 22.5 Å². The lowest BCUT2D eigenvalue weighted by Crippen LogP contribution is -2.10. The first-order valence-corrected chi connectivity index (χ1v) is 10.0. The van der Waals surface area contributed by atoms with Gasteiger partial charge in [-0.1, -0.05) is 32.1 Å². The Labute approximate surface area is 163 Å². The molecule has 0 radical (unpaired) electrons. The Kier molecular flexibility index (Phi) is 5.16. The molecule has 4 rings (SSSR count). The average Bonchev–Trinajstić information content (AvgIpc) is 3.13. The molecule has 2 heterocycles. The van der Waals surface area contributed by atoms with Crippen LogP contribution in [0, 0.1) is 19.8 Å². The number of rotatable bonds is 5. The lowest BCUT2D eigenvalue weighted by molar-refractivity contribution is 0.246. The first-order chi connectivity index (χ1) is 13.5. The van der Waals surface area contributed by atoms with Gasteiger partial charge in [-0.15, -0.1) is 0 Å². The Morgan fingerprint density at radius 3 is 2.64 bits per heavy atom. The molecule has 0 atom stereocenters. The van der Waals surface area contributed by atoms with E-state index in [4.69, 9.17) is 13.6 Å². The van der Waals surface area contributed by atoms with Crippen LogP contribution in [-0.2, 0) is 0 Å². The van der Waals surface area contributed by atoms with Crippen LogP contribution in [-0.4, -0.2) is 11.7 Å². The zero-order chi connectivity index (χ0) is 19.7. The molecule has 5 heteroatoms. The van der Waals surface area contributed by atoms with Crippen LogP contribution in [0.1, 0.15) is 49.7 Å². The normalized spacial score (nSPS) is 15.2. The maximum atomic E-state index is 11.9. The van der Waals surface area contributed by atoms with Gasteiger partial charge < -0.3 is 18.7 Å². The number of hydrogen-bond donors (Lipinski definition) is 1. The number of aromatic hydroxyl groups is 1. The fraction of sp³-hybridized carbons (Fsp3) is 0.435. The topological polar surface area (TPSA) is 72.8 Å². The molecule has 0 aliphatic heterocycles. The minimum absolute atomic E-state index is 0.0570. The fourth-order valence-electron chi connectivity index (χ4n) is 4.01. The van der Waals surface area contributed by atoms with Gasteiger partial charge in [0.25, 0.3) is 0 Å². The summed E-state index contributed by atoms with van der Waals surface area (Å²) >= 11 is 0. The summed E-state index contributed by atoms with van der Waals surface area (Å²) < 4.78 is 17.2. The fourth-order valence-corrected chi connectivity index (χ4v) is 4.01. The van der Waals surface area contributed by atoms with Crippen molar-refractivity contribution in [1.29, 1.82) is 0 Å². The summed E-state index contributed by atoms with van der Waals surface area (Å²) in [6.45, 7) is 3.96. The molecule has 0 amide bonds. The summed E-state index contributed by atoms with van der Waals surface area (Å²) in [5, 5.41) is 11.0. The van der Waals surface area contributed by atoms with E-state index in [1.165, 1.54) is 39.0 Å².